The van der Waals surface area contributed by atoms with Gasteiger partial charge in [0.15, 0.2) is 0 Å². The molecular formula is C16H27NO. The topological polar surface area (TPSA) is 21.3 Å². The molecule has 0 saturated heterocycles. The number of hydrogen-bond acceptors (Lipinski definition) is 2. The molecule has 0 spiro atoms. The molecule has 0 aliphatic carbocycles. The molecule has 1 unspecified atom stereocenters. The smallest absolute Gasteiger partial charge is 0.122 e. The Kier molecular flexibility index (Phi) is 6.20. The van der Waals surface area contributed by atoms with E-state index in [2.05, 4.69) is 45.1 Å². The molecule has 0 radical (unpaired) electrons. The molecule has 1 aromatic carbocycles. The third-order valence-electron chi connectivity index (χ3n) is 3.38. The van der Waals surface area contributed by atoms with Crippen LogP contribution in [0.15, 0.2) is 12.1 Å². The van der Waals surface area contributed by atoms with Crippen molar-refractivity contribution in [2.45, 2.75) is 53.0 Å². The Hall–Kier alpha value is -1.02. The van der Waals surface area contributed by atoms with Crippen LogP contribution in [0.1, 0.15) is 55.8 Å². The van der Waals surface area contributed by atoms with Gasteiger partial charge in [-0.2, -0.15) is 0 Å². The number of nitrogens with one attached hydrogen (secondary N) is 1. The van der Waals surface area contributed by atoms with Crippen molar-refractivity contribution in [2.24, 2.45) is 0 Å². The summed E-state index contributed by atoms with van der Waals surface area (Å²) in [6.45, 7) is 9.82. The highest BCUT2D eigenvalue weighted by atomic mass is 16.5. The Bertz CT molecular complexity index is 374. The fraction of sp³-hybridized carbons (Fsp3) is 0.625. The van der Waals surface area contributed by atoms with E-state index in [1.807, 2.05) is 0 Å². The molecule has 2 nitrogen and oxygen atoms in total. The van der Waals surface area contributed by atoms with Crippen LogP contribution in [-0.2, 0) is 0 Å². The Labute approximate surface area is 112 Å². The number of hydrogen-bond donors (Lipinski definition) is 1. The monoisotopic (exact) mass is 249 g/mol. The molecule has 0 aromatic heterocycles. The Morgan fingerprint density at radius 3 is 2.39 bits per heavy atom. The summed E-state index contributed by atoms with van der Waals surface area (Å²) in [5.74, 6) is 0.988. The minimum Gasteiger partial charge on any atom is -0.496 e. The van der Waals surface area contributed by atoms with Gasteiger partial charge in [-0.15, -0.1) is 0 Å². The molecule has 0 amide bonds. The molecule has 102 valence electrons. The SMILES string of the molecule is CCCNC(CCC)c1cc(C)c(OC)cc1C. The van der Waals surface area contributed by atoms with Gasteiger partial charge in [-0.3, -0.25) is 0 Å². The number of aryl methyl sites for hydroxylation is 2. The highest BCUT2D eigenvalue weighted by molar-refractivity contribution is 5.42. The molecule has 1 atom stereocenters. The largest absolute Gasteiger partial charge is 0.496 e. The average molecular weight is 249 g/mol. The minimum absolute atomic E-state index is 0.472. The van der Waals surface area contributed by atoms with Crippen LogP contribution in [0.25, 0.3) is 0 Å². The van der Waals surface area contributed by atoms with E-state index in [0.717, 1.165) is 12.3 Å². The number of methoxy groups -OCH3 is 1. The zero-order valence-corrected chi connectivity index (χ0v) is 12.5. The van der Waals surface area contributed by atoms with Crippen LogP contribution in [0.5, 0.6) is 5.75 Å². The number of ether oxygens (including phenoxy) is 1. The van der Waals surface area contributed by atoms with Crippen molar-refractivity contribution >= 4 is 0 Å². The van der Waals surface area contributed by atoms with Gasteiger partial charge in [0, 0.05) is 6.04 Å². The maximum Gasteiger partial charge on any atom is 0.122 e. The number of benzene rings is 1. The van der Waals surface area contributed by atoms with E-state index in [-0.39, 0.29) is 0 Å². The van der Waals surface area contributed by atoms with Crippen molar-refractivity contribution in [2.75, 3.05) is 13.7 Å². The Morgan fingerprint density at radius 2 is 1.83 bits per heavy atom. The highest BCUT2D eigenvalue weighted by Gasteiger charge is 2.14. The summed E-state index contributed by atoms with van der Waals surface area (Å²) in [5, 5.41) is 3.65. The summed E-state index contributed by atoms with van der Waals surface area (Å²) in [5.41, 5.74) is 3.96. The van der Waals surface area contributed by atoms with Gasteiger partial charge in [-0.05, 0) is 56.0 Å². The first kappa shape index (κ1) is 15.0. The average Bonchev–Trinajstić information content (AvgIpc) is 2.37. The van der Waals surface area contributed by atoms with Crippen LogP contribution in [-0.4, -0.2) is 13.7 Å². The fourth-order valence-corrected chi connectivity index (χ4v) is 2.38. The predicted molar refractivity (Wildman–Crippen MR) is 78.4 cm³/mol. The summed E-state index contributed by atoms with van der Waals surface area (Å²) in [7, 11) is 1.74. The summed E-state index contributed by atoms with van der Waals surface area (Å²) in [6, 6.07) is 4.90. The summed E-state index contributed by atoms with van der Waals surface area (Å²) < 4.78 is 5.38. The van der Waals surface area contributed by atoms with Crippen LogP contribution >= 0.6 is 0 Å². The first-order valence-electron chi connectivity index (χ1n) is 7.02. The third kappa shape index (κ3) is 3.74. The van der Waals surface area contributed by atoms with Gasteiger partial charge in [0.1, 0.15) is 5.75 Å². The second-order valence-corrected chi connectivity index (χ2v) is 4.97. The molecule has 0 fully saturated rings. The van der Waals surface area contributed by atoms with Gasteiger partial charge in [0.05, 0.1) is 7.11 Å². The fourth-order valence-electron chi connectivity index (χ4n) is 2.38. The highest BCUT2D eigenvalue weighted by Crippen LogP contribution is 2.28. The van der Waals surface area contributed by atoms with Crippen molar-refractivity contribution < 1.29 is 4.74 Å². The summed E-state index contributed by atoms with van der Waals surface area (Å²) >= 11 is 0. The van der Waals surface area contributed by atoms with E-state index in [1.165, 1.54) is 36.0 Å². The molecule has 0 aliphatic rings. The van der Waals surface area contributed by atoms with Crippen LogP contribution in [0.4, 0.5) is 0 Å². The van der Waals surface area contributed by atoms with Gasteiger partial charge >= 0.3 is 0 Å². The zero-order valence-electron chi connectivity index (χ0n) is 12.5. The van der Waals surface area contributed by atoms with Crippen LogP contribution in [0.2, 0.25) is 0 Å². The Balaban J connectivity index is 2.99. The Morgan fingerprint density at radius 1 is 1.11 bits per heavy atom. The second kappa shape index (κ2) is 7.42. The molecule has 1 rings (SSSR count). The lowest BCUT2D eigenvalue weighted by atomic mass is 9.95. The zero-order chi connectivity index (χ0) is 13.5. The normalized spacial score (nSPS) is 12.5. The molecule has 2 heteroatoms. The second-order valence-electron chi connectivity index (χ2n) is 4.97. The van der Waals surface area contributed by atoms with Crippen LogP contribution in [0, 0.1) is 13.8 Å². The van der Waals surface area contributed by atoms with E-state index in [1.54, 1.807) is 7.11 Å². The van der Waals surface area contributed by atoms with Crippen molar-refractivity contribution in [3.63, 3.8) is 0 Å². The van der Waals surface area contributed by atoms with Gasteiger partial charge in [0.25, 0.3) is 0 Å². The number of rotatable bonds is 7. The molecule has 0 heterocycles. The lowest BCUT2D eigenvalue weighted by Gasteiger charge is -2.22. The minimum atomic E-state index is 0.472. The predicted octanol–water partition coefficient (Wildman–Crippen LogP) is 4.15. The third-order valence-corrected chi connectivity index (χ3v) is 3.38. The van der Waals surface area contributed by atoms with Crippen molar-refractivity contribution in [3.8, 4) is 5.75 Å². The van der Waals surface area contributed by atoms with Crippen molar-refractivity contribution in [1.82, 2.24) is 5.32 Å². The summed E-state index contributed by atoms with van der Waals surface area (Å²) in [4.78, 5) is 0. The van der Waals surface area contributed by atoms with Crippen LogP contribution in [0.3, 0.4) is 0 Å². The van der Waals surface area contributed by atoms with E-state index in [4.69, 9.17) is 4.74 Å². The van der Waals surface area contributed by atoms with E-state index >= 15 is 0 Å². The molecular weight excluding hydrogens is 222 g/mol. The van der Waals surface area contributed by atoms with Gasteiger partial charge in [-0.25, -0.2) is 0 Å². The summed E-state index contributed by atoms with van der Waals surface area (Å²) in [6.07, 6.45) is 3.56. The van der Waals surface area contributed by atoms with Crippen molar-refractivity contribution in [1.29, 1.82) is 0 Å². The standard InChI is InChI=1S/C16H27NO/c1-6-8-15(17-9-7-2)14-10-13(4)16(18-5)11-12(14)3/h10-11,15,17H,6-9H2,1-5H3. The van der Waals surface area contributed by atoms with E-state index < -0.39 is 0 Å². The maximum absolute atomic E-state index is 5.38. The lowest BCUT2D eigenvalue weighted by molar-refractivity contribution is 0.410. The van der Waals surface area contributed by atoms with Gasteiger partial charge < -0.3 is 10.1 Å². The molecule has 0 aliphatic heterocycles. The first-order chi connectivity index (χ1) is 8.63. The maximum atomic E-state index is 5.38. The van der Waals surface area contributed by atoms with Gasteiger partial charge in [-0.1, -0.05) is 26.3 Å². The first-order valence-corrected chi connectivity index (χ1v) is 7.02. The van der Waals surface area contributed by atoms with E-state index in [0.29, 0.717) is 6.04 Å². The molecule has 18 heavy (non-hydrogen) atoms. The quantitative estimate of drug-likeness (QED) is 0.783. The van der Waals surface area contributed by atoms with Crippen molar-refractivity contribution in [3.05, 3.63) is 28.8 Å². The van der Waals surface area contributed by atoms with Gasteiger partial charge in [0.2, 0.25) is 0 Å². The molecule has 1 N–H and O–H groups in total. The lowest BCUT2D eigenvalue weighted by Crippen LogP contribution is -2.23. The van der Waals surface area contributed by atoms with E-state index in [9.17, 15) is 0 Å². The molecule has 0 bridgehead atoms. The molecule has 1 aromatic rings. The van der Waals surface area contributed by atoms with Crippen LogP contribution < -0.4 is 10.1 Å². The molecule has 0 saturated carbocycles.